The van der Waals surface area contributed by atoms with E-state index in [1.165, 1.54) is 44.3 Å². The van der Waals surface area contributed by atoms with Gasteiger partial charge in [-0.2, -0.15) is 35.3 Å². The summed E-state index contributed by atoms with van der Waals surface area (Å²) in [4.78, 5) is 35.5. The summed E-state index contributed by atoms with van der Waals surface area (Å²) in [6.45, 7) is 13.0. The number of nitrogens with one attached hydrogen (secondary N) is 1. The van der Waals surface area contributed by atoms with Crippen LogP contribution in [-0.2, 0) is 14.4 Å². The lowest BCUT2D eigenvalue weighted by molar-refractivity contribution is -0.142. The predicted octanol–water partition coefficient (Wildman–Crippen LogP) is 2.20. The predicted molar refractivity (Wildman–Crippen MR) is 188 cm³/mol. The van der Waals surface area contributed by atoms with Gasteiger partial charge in [-0.15, -0.1) is 24.8 Å². The molecule has 0 bridgehead atoms. The second kappa shape index (κ2) is 30.1. The summed E-state index contributed by atoms with van der Waals surface area (Å²) in [5, 5.41) is 32.4. The fraction of sp³-hybridized carbons (Fsp3) is 0.792. The minimum atomic E-state index is -1.16. The van der Waals surface area contributed by atoms with Crippen LogP contribution in [-0.4, -0.2) is 109 Å². The Morgan fingerprint density at radius 2 is 1.02 bits per heavy atom. The van der Waals surface area contributed by atoms with Crippen molar-refractivity contribution in [2.75, 3.05) is 47.6 Å². The number of halogens is 2. The lowest BCUT2D eigenvalue weighted by Gasteiger charge is -2.17. The molecule has 18 heteroatoms. The summed E-state index contributed by atoms with van der Waals surface area (Å²) in [6, 6.07) is 0. The number of aliphatic imine (C=N–C) groups is 1. The molecule has 0 aliphatic carbocycles. The van der Waals surface area contributed by atoms with E-state index in [9.17, 15) is 14.4 Å². The monoisotopic (exact) mass is 703 g/mol. The van der Waals surface area contributed by atoms with Crippen LogP contribution in [0.15, 0.2) is 4.99 Å². The highest BCUT2D eigenvalue weighted by Crippen LogP contribution is 2.12. The molecule has 0 radical (unpaired) electrons. The van der Waals surface area contributed by atoms with Crippen LogP contribution in [0.25, 0.3) is 0 Å². The van der Waals surface area contributed by atoms with Crippen LogP contribution < -0.4 is 28.7 Å². The molecule has 0 aromatic heterocycles. The number of aliphatic carboxylic acids is 3. The Balaban J connectivity index is -0.000000107. The molecule has 254 valence electrons. The van der Waals surface area contributed by atoms with Crippen molar-refractivity contribution in [3.63, 3.8) is 0 Å². The molecular weight excluding hydrogens is 649 g/mol. The normalized spacial score (nSPS) is 14.4. The van der Waals surface area contributed by atoms with Crippen molar-refractivity contribution >= 4 is 89.6 Å². The zero-order chi connectivity index (χ0) is 32.6. The number of carboxylic acids is 3. The molecule has 0 amide bonds. The van der Waals surface area contributed by atoms with E-state index in [2.05, 4.69) is 11.9 Å². The Labute approximate surface area is 276 Å². The zero-order valence-electron chi connectivity index (χ0n) is 25.8. The van der Waals surface area contributed by atoms with Gasteiger partial charge in [0.25, 0.3) is 0 Å². The number of hydrogen-bond donors (Lipinski definition) is 9. The first-order valence-corrected chi connectivity index (χ1v) is 15.8. The van der Waals surface area contributed by atoms with Gasteiger partial charge in [0.15, 0.2) is 0 Å². The van der Waals surface area contributed by atoms with Crippen molar-refractivity contribution in [3.8, 4) is 0 Å². The molecule has 42 heavy (non-hydrogen) atoms. The number of rotatable bonds is 16. The molecule has 13 nitrogen and oxygen atoms in total. The molecule has 0 rings (SSSR count). The maximum absolute atomic E-state index is 10.6. The first kappa shape index (κ1) is 53.6. The van der Waals surface area contributed by atoms with E-state index < -0.39 is 34.5 Å². The largest absolute Gasteiger partial charge is 0.480 e. The lowest BCUT2D eigenvalue weighted by Crippen LogP contribution is -2.47. The van der Waals surface area contributed by atoms with Crippen LogP contribution in [0.2, 0.25) is 0 Å². The second-order valence-corrected chi connectivity index (χ2v) is 13.0. The molecule has 0 unspecified atom stereocenters. The topological polar surface area (TPSA) is 278 Å². The third kappa shape index (κ3) is 39.0. The fourth-order valence-electron chi connectivity index (χ4n) is 1.55. The van der Waals surface area contributed by atoms with E-state index in [4.69, 9.17) is 49.4 Å². The van der Waals surface area contributed by atoms with Gasteiger partial charge in [0.2, 0.25) is 0 Å². The molecule has 0 spiro atoms. The number of nitrogens with zero attached hydrogens (tertiary/aromatic N) is 1. The van der Waals surface area contributed by atoms with Crippen LogP contribution in [0, 0.1) is 5.41 Å². The summed E-state index contributed by atoms with van der Waals surface area (Å²) in [7, 11) is 0. The number of nitrogens with two attached hydrogens (primary N) is 5. The van der Waals surface area contributed by atoms with Crippen molar-refractivity contribution in [1.29, 1.82) is 5.41 Å². The van der Waals surface area contributed by atoms with E-state index >= 15 is 0 Å². The molecule has 0 fully saturated rings. The number of thioether (sulfide) groups is 3. The van der Waals surface area contributed by atoms with Gasteiger partial charge in [-0.1, -0.05) is 6.92 Å². The lowest BCUT2D eigenvalue weighted by atomic mass is 10.1. The third-order valence-corrected chi connectivity index (χ3v) is 7.98. The molecular formula is C24H55Cl2N7O6S3. The summed E-state index contributed by atoms with van der Waals surface area (Å²) >= 11 is 4.50. The molecule has 0 saturated heterocycles. The van der Waals surface area contributed by atoms with Gasteiger partial charge in [-0.3, -0.25) is 19.4 Å². The number of carbonyl (C=O) groups is 3. The minimum absolute atomic E-state index is 0. The summed E-state index contributed by atoms with van der Waals surface area (Å²) in [6.07, 6.45) is 1.06. The highest BCUT2D eigenvalue weighted by Gasteiger charge is 2.28. The van der Waals surface area contributed by atoms with Crippen LogP contribution >= 0.6 is 60.1 Å². The Bertz CT molecular complexity index is 739. The Morgan fingerprint density at radius 3 is 1.26 bits per heavy atom. The maximum atomic E-state index is 10.6. The van der Waals surface area contributed by atoms with Gasteiger partial charge in [0.05, 0.1) is 5.84 Å². The van der Waals surface area contributed by atoms with Gasteiger partial charge < -0.3 is 49.4 Å². The highest BCUT2D eigenvalue weighted by molar-refractivity contribution is 7.99. The van der Waals surface area contributed by atoms with Crippen LogP contribution in [0.3, 0.4) is 0 Å². The van der Waals surface area contributed by atoms with Gasteiger partial charge >= 0.3 is 17.9 Å². The van der Waals surface area contributed by atoms with Crippen LogP contribution in [0.1, 0.15) is 54.9 Å². The van der Waals surface area contributed by atoms with Crippen molar-refractivity contribution in [2.45, 2.75) is 71.5 Å². The minimum Gasteiger partial charge on any atom is -0.480 e. The molecule has 14 N–H and O–H groups in total. The number of amidine groups is 1. The van der Waals surface area contributed by atoms with E-state index in [-0.39, 0.29) is 24.8 Å². The molecule has 0 aliphatic rings. The average Bonchev–Trinajstić information content (AvgIpc) is 2.79. The molecule has 0 heterocycles. The molecule has 3 atom stereocenters. The van der Waals surface area contributed by atoms with Crippen LogP contribution in [0.4, 0.5) is 0 Å². The fourth-order valence-corrected chi connectivity index (χ4v) is 4.30. The Hall–Kier alpha value is -0.980. The number of carboxylic acid groups (broad SMARTS) is 3. The third-order valence-electron chi connectivity index (χ3n) is 3.88. The van der Waals surface area contributed by atoms with Crippen molar-refractivity contribution in [2.24, 2.45) is 33.7 Å². The van der Waals surface area contributed by atoms with Crippen molar-refractivity contribution in [3.05, 3.63) is 0 Å². The quantitative estimate of drug-likeness (QED) is 0.0633. The Kier molecular flexibility index (Phi) is 38.3. The van der Waals surface area contributed by atoms with Gasteiger partial charge in [0.1, 0.15) is 16.6 Å². The molecule has 0 saturated carbocycles. The smallest absolute Gasteiger partial charge is 0.324 e. The van der Waals surface area contributed by atoms with Gasteiger partial charge in [-0.05, 0) is 53.7 Å². The standard InChI is InChI=1S/C8H17N3O2S.C7H15NO2S.C6H14N2O2S.C3H7N.2ClH/c1-6(9)11-3-4-14-5-8(2,10)7(12)13;1-3-4-11-5-7(2,8)6(9)10;1-6(8,5(9)10)4-11-3-2-7;1-3(2)4;;/h3-5,10H2,1-2H3,(H2,9,11)(H,12,13);3-5,8H2,1-2H3,(H,9,10);2-4,7-8H2,1H3,(H,9,10);4H,1-2H3;2*1H/t8-;7-;6-;;;/m000.../s1. The summed E-state index contributed by atoms with van der Waals surface area (Å²) < 4.78 is 0. The average molecular weight is 705 g/mol. The van der Waals surface area contributed by atoms with Crippen LogP contribution in [0.5, 0.6) is 0 Å². The van der Waals surface area contributed by atoms with Crippen molar-refractivity contribution < 1.29 is 29.7 Å². The first-order chi connectivity index (χ1) is 18.1. The Morgan fingerprint density at radius 1 is 0.738 bits per heavy atom. The molecule has 0 aromatic rings. The van der Waals surface area contributed by atoms with E-state index in [0.717, 1.165) is 23.7 Å². The zero-order valence-corrected chi connectivity index (χ0v) is 29.9. The van der Waals surface area contributed by atoms with E-state index in [0.29, 0.717) is 41.9 Å². The van der Waals surface area contributed by atoms with Crippen molar-refractivity contribution in [1.82, 2.24) is 0 Å². The highest BCUT2D eigenvalue weighted by atomic mass is 35.5. The first-order valence-electron chi connectivity index (χ1n) is 12.4. The summed E-state index contributed by atoms with van der Waals surface area (Å²) in [5.41, 5.74) is 24.3. The van der Waals surface area contributed by atoms with E-state index in [1.54, 1.807) is 32.5 Å². The number of hydrogen-bond acceptors (Lipinski definition) is 12. The second-order valence-electron chi connectivity index (χ2n) is 9.64. The molecule has 0 aromatic carbocycles. The maximum Gasteiger partial charge on any atom is 0.324 e. The SMILES string of the molecule is CC(C)=N.CC(N)=NCCSC[C@](C)(N)C(=O)O.CCCSC[C@](C)(N)C(=O)O.C[C@](N)(CSCCN)C(=O)O.Cl.Cl. The summed E-state index contributed by atoms with van der Waals surface area (Å²) in [5.74, 6) is 1.37. The van der Waals surface area contributed by atoms with Gasteiger partial charge in [-0.25, -0.2) is 0 Å². The van der Waals surface area contributed by atoms with E-state index in [1.807, 2.05) is 0 Å². The molecule has 0 aliphatic heterocycles. The van der Waals surface area contributed by atoms with Gasteiger partial charge in [0, 0.05) is 47.6 Å².